The van der Waals surface area contributed by atoms with Crippen molar-refractivity contribution < 1.29 is 9.21 Å². The van der Waals surface area contributed by atoms with E-state index in [4.69, 9.17) is 4.42 Å². The number of pyridine rings is 1. The van der Waals surface area contributed by atoms with Gasteiger partial charge in [0, 0.05) is 17.7 Å². The number of ketones is 1. The summed E-state index contributed by atoms with van der Waals surface area (Å²) in [7, 11) is 0. The third kappa shape index (κ3) is 4.53. The molecule has 0 saturated carbocycles. The number of nitrogens with one attached hydrogen (secondary N) is 1. The highest BCUT2D eigenvalue weighted by Gasteiger charge is 2.38. The van der Waals surface area contributed by atoms with Crippen molar-refractivity contribution in [1.82, 2.24) is 20.1 Å². The Balaban J connectivity index is 1.38. The zero-order valence-corrected chi connectivity index (χ0v) is 21.4. The van der Waals surface area contributed by atoms with Gasteiger partial charge in [-0.2, -0.15) is 0 Å². The van der Waals surface area contributed by atoms with Crippen molar-refractivity contribution in [3.05, 3.63) is 118 Å². The zero-order valence-electron chi connectivity index (χ0n) is 21.4. The fourth-order valence-corrected chi connectivity index (χ4v) is 4.80. The number of rotatable bonds is 7. The van der Waals surface area contributed by atoms with Crippen molar-refractivity contribution in [2.24, 2.45) is 5.92 Å². The minimum atomic E-state index is -0.553. The maximum absolute atomic E-state index is 13.5. The van der Waals surface area contributed by atoms with Gasteiger partial charge in [-0.05, 0) is 43.5 Å². The summed E-state index contributed by atoms with van der Waals surface area (Å²) in [6.45, 7) is 8.31. The average molecular weight is 495 g/mol. The second-order valence-electron chi connectivity index (χ2n) is 10.0. The van der Waals surface area contributed by atoms with Crippen molar-refractivity contribution >= 4 is 5.78 Å². The van der Waals surface area contributed by atoms with Crippen molar-refractivity contribution in [1.29, 1.82) is 0 Å². The maximum Gasteiger partial charge on any atom is 0.286 e. The first kappa shape index (κ1) is 24.4. The minimum absolute atomic E-state index is 0.0146. The van der Waals surface area contributed by atoms with Crippen LogP contribution in [-0.2, 0) is 12.0 Å². The highest BCUT2D eigenvalue weighted by atomic mass is 16.4. The van der Waals surface area contributed by atoms with E-state index in [1.807, 2.05) is 94.4 Å². The van der Waals surface area contributed by atoms with Gasteiger partial charge in [0.25, 0.3) is 11.4 Å². The lowest BCUT2D eigenvalue weighted by molar-refractivity contribution is 0.0897. The fraction of sp³-hybridized carbons (Fsp3) is 0.267. The number of carbonyl (C=O) groups is 1. The Hall–Kier alpha value is -4.26. The number of allylic oxidation sites excluding steroid dienone is 1. The second kappa shape index (κ2) is 9.65. The van der Waals surface area contributed by atoms with Crippen LogP contribution in [0.4, 0.5) is 0 Å². The van der Waals surface area contributed by atoms with E-state index in [9.17, 15) is 9.59 Å². The normalized spacial score (nSPS) is 17.6. The molecule has 0 aliphatic carbocycles. The quantitative estimate of drug-likeness (QED) is 0.364. The van der Waals surface area contributed by atoms with Gasteiger partial charge in [0.15, 0.2) is 0 Å². The topological polar surface area (TPSA) is 90.0 Å². The largest absolute Gasteiger partial charge is 0.417 e. The predicted octanol–water partition coefficient (Wildman–Crippen LogP) is 4.99. The lowest BCUT2D eigenvalue weighted by atomic mass is 9.85. The third-order valence-electron chi connectivity index (χ3n) is 7.37. The van der Waals surface area contributed by atoms with E-state index >= 15 is 0 Å². The number of carbonyl (C=O) groups excluding carboxylic acids is 1. The molecule has 4 aromatic rings. The van der Waals surface area contributed by atoms with E-state index in [0.717, 1.165) is 28.1 Å². The summed E-state index contributed by atoms with van der Waals surface area (Å²) in [5.41, 5.74) is 4.03. The Morgan fingerprint density at radius 1 is 0.973 bits per heavy atom. The number of hydrogen-bond acceptors (Lipinski definition) is 6. The Bertz CT molecular complexity index is 1520. The number of aromatic nitrogens is 3. The summed E-state index contributed by atoms with van der Waals surface area (Å²) in [5.74, 6) is 0.0212. The monoisotopic (exact) mass is 494 g/mol. The molecular weight excluding hydrogens is 464 g/mol. The first-order valence-corrected chi connectivity index (χ1v) is 12.4. The van der Waals surface area contributed by atoms with Gasteiger partial charge in [-0.15, -0.1) is 10.2 Å². The molecule has 1 aliphatic heterocycles. The number of Topliss-reactive ketones (excluding diaryl/α,β-unsaturated/α-hetero) is 1. The van der Waals surface area contributed by atoms with Gasteiger partial charge in [0.2, 0.25) is 11.7 Å². The van der Waals surface area contributed by atoms with E-state index in [1.165, 1.54) is 0 Å². The Morgan fingerprint density at radius 3 is 2.35 bits per heavy atom. The molecule has 37 heavy (non-hydrogen) atoms. The van der Waals surface area contributed by atoms with Crippen molar-refractivity contribution in [3.8, 4) is 11.3 Å². The molecule has 7 nitrogen and oxygen atoms in total. The van der Waals surface area contributed by atoms with Crippen LogP contribution in [0.15, 0.2) is 99.3 Å². The van der Waals surface area contributed by atoms with Crippen LogP contribution in [-0.4, -0.2) is 26.6 Å². The molecule has 3 heterocycles. The van der Waals surface area contributed by atoms with Crippen LogP contribution in [0.2, 0.25) is 0 Å². The first-order valence-electron chi connectivity index (χ1n) is 12.4. The summed E-state index contributed by atoms with van der Waals surface area (Å²) < 4.78 is 7.65. The number of nitrogens with zero attached hydrogens (tertiary/aromatic N) is 3. The predicted molar refractivity (Wildman–Crippen MR) is 142 cm³/mol. The number of benzene rings is 2. The molecule has 5 rings (SSSR count). The second-order valence-corrected chi connectivity index (χ2v) is 10.0. The van der Waals surface area contributed by atoms with E-state index in [2.05, 4.69) is 15.5 Å². The lowest BCUT2D eigenvalue weighted by Crippen LogP contribution is -2.37. The van der Waals surface area contributed by atoms with Gasteiger partial charge in [0.1, 0.15) is 6.04 Å². The molecule has 7 heteroatoms. The van der Waals surface area contributed by atoms with Gasteiger partial charge in [-0.3, -0.25) is 9.59 Å². The Labute approximate surface area is 215 Å². The molecule has 1 N–H and O–H groups in total. The zero-order chi connectivity index (χ0) is 26.2. The molecule has 0 radical (unpaired) electrons. The van der Waals surface area contributed by atoms with Crippen LogP contribution in [0, 0.1) is 5.92 Å². The molecule has 2 unspecified atom stereocenters. The summed E-state index contributed by atoms with van der Waals surface area (Å²) in [6.07, 6.45) is 0. The molecule has 2 aromatic heterocycles. The third-order valence-corrected chi connectivity index (χ3v) is 7.37. The van der Waals surface area contributed by atoms with Gasteiger partial charge in [0.05, 0.1) is 17.7 Å². The van der Waals surface area contributed by atoms with Crippen molar-refractivity contribution in [2.75, 3.05) is 0 Å². The smallest absolute Gasteiger partial charge is 0.286 e. The van der Waals surface area contributed by atoms with Crippen LogP contribution < -0.4 is 10.9 Å². The molecule has 188 valence electrons. The summed E-state index contributed by atoms with van der Waals surface area (Å²) >= 11 is 0. The van der Waals surface area contributed by atoms with Crippen LogP contribution in [0.3, 0.4) is 0 Å². The van der Waals surface area contributed by atoms with Crippen molar-refractivity contribution in [2.45, 2.75) is 45.7 Å². The molecule has 0 fully saturated rings. The van der Waals surface area contributed by atoms with Gasteiger partial charge < -0.3 is 14.3 Å². The van der Waals surface area contributed by atoms with Gasteiger partial charge in [-0.1, -0.05) is 73.7 Å². The highest BCUT2D eigenvalue weighted by molar-refractivity contribution is 5.97. The summed E-state index contributed by atoms with van der Waals surface area (Å²) in [4.78, 5) is 26.3. The maximum atomic E-state index is 13.5. The van der Waals surface area contributed by atoms with Crippen LogP contribution in [0.25, 0.3) is 11.3 Å². The SMILES string of the molecule is CC1=C(Cn2c(-c3ccccc3)cccc2=O)NC(C(=O)c2nnc(C(C)(C)c3ccccc3)o2)C1C. The van der Waals surface area contributed by atoms with E-state index in [1.54, 1.807) is 16.7 Å². The van der Waals surface area contributed by atoms with E-state index in [0.29, 0.717) is 12.4 Å². The highest BCUT2D eigenvalue weighted by Crippen LogP contribution is 2.32. The van der Waals surface area contributed by atoms with Crippen LogP contribution >= 0.6 is 0 Å². The van der Waals surface area contributed by atoms with Gasteiger partial charge >= 0.3 is 0 Å². The Kier molecular flexibility index (Phi) is 6.38. The molecule has 0 amide bonds. The standard InChI is InChI=1S/C30H30N4O3/c1-19-20(2)26(27(36)28-32-33-29(37-28)30(3,4)22-14-9-6-10-15-22)31-23(19)18-34-24(16-11-17-25(34)35)21-12-7-5-8-13-21/h5-17,20,26,31H,18H2,1-4H3. The van der Waals surface area contributed by atoms with E-state index in [-0.39, 0.29) is 23.2 Å². The fourth-order valence-electron chi connectivity index (χ4n) is 4.80. The lowest BCUT2D eigenvalue weighted by Gasteiger charge is -2.20. The Morgan fingerprint density at radius 2 is 1.65 bits per heavy atom. The van der Waals surface area contributed by atoms with Crippen LogP contribution in [0.1, 0.15) is 49.8 Å². The molecule has 2 aromatic carbocycles. The molecule has 2 atom stereocenters. The van der Waals surface area contributed by atoms with Gasteiger partial charge in [-0.25, -0.2) is 0 Å². The molecule has 0 saturated heterocycles. The summed E-state index contributed by atoms with van der Waals surface area (Å²) in [6, 6.07) is 24.4. The van der Waals surface area contributed by atoms with Crippen LogP contribution in [0.5, 0.6) is 0 Å². The number of hydrogen-bond donors (Lipinski definition) is 1. The molecular formula is C30H30N4O3. The summed E-state index contributed by atoms with van der Waals surface area (Å²) in [5, 5.41) is 11.7. The van der Waals surface area contributed by atoms with E-state index < -0.39 is 11.5 Å². The molecule has 1 aliphatic rings. The minimum Gasteiger partial charge on any atom is -0.417 e. The van der Waals surface area contributed by atoms with Crippen molar-refractivity contribution in [3.63, 3.8) is 0 Å². The first-order chi connectivity index (χ1) is 17.8. The average Bonchev–Trinajstić information content (AvgIpc) is 3.52. The molecule has 0 bridgehead atoms. The molecule has 0 spiro atoms.